The highest BCUT2D eigenvalue weighted by molar-refractivity contribution is 6.30. The van der Waals surface area contributed by atoms with Crippen molar-refractivity contribution in [3.05, 3.63) is 70.7 Å². The van der Waals surface area contributed by atoms with Gasteiger partial charge in [-0.3, -0.25) is 9.78 Å². The van der Waals surface area contributed by atoms with Gasteiger partial charge in [-0.2, -0.15) is 0 Å². The molecule has 3 aromatic rings. The number of anilines is 1. The van der Waals surface area contributed by atoms with Crippen molar-refractivity contribution in [2.24, 2.45) is 5.92 Å². The van der Waals surface area contributed by atoms with E-state index in [1.807, 2.05) is 24.3 Å². The average Bonchev–Trinajstić information content (AvgIpc) is 2.72. The van der Waals surface area contributed by atoms with Gasteiger partial charge in [0.05, 0.1) is 5.69 Å². The Kier molecular flexibility index (Phi) is 7.60. The molecule has 0 aliphatic carbocycles. The highest BCUT2D eigenvalue weighted by Gasteiger charge is 2.21. The monoisotopic (exact) mass is 443 g/mol. The minimum Gasteiger partial charge on any atom is -0.358 e. The zero-order chi connectivity index (χ0) is 21.5. The van der Waals surface area contributed by atoms with Crippen molar-refractivity contribution in [1.82, 2.24) is 20.3 Å². The maximum atomic E-state index is 12.9. The van der Waals surface area contributed by atoms with Gasteiger partial charge in [-0.05, 0) is 53.8 Å². The number of rotatable bonds is 8. The fourth-order valence-electron chi connectivity index (χ4n) is 2.95. The Morgan fingerprint density at radius 3 is 2.53 bits per heavy atom. The first-order valence-corrected chi connectivity index (χ1v) is 10.4. The van der Waals surface area contributed by atoms with Gasteiger partial charge in [-0.1, -0.05) is 37.6 Å². The number of carbonyl (C=O) groups is 1. The number of pyridine rings is 1. The van der Waals surface area contributed by atoms with E-state index in [0.29, 0.717) is 35.4 Å². The van der Waals surface area contributed by atoms with Crippen molar-refractivity contribution in [2.75, 3.05) is 5.32 Å². The summed E-state index contributed by atoms with van der Waals surface area (Å²) in [5.74, 6) is 0.677. The summed E-state index contributed by atoms with van der Waals surface area (Å²) in [6.45, 7) is 4.54. The van der Waals surface area contributed by atoms with Crippen LogP contribution < -0.4 is 10.6 Å². The molecule has 0 fully saturated rings. The molecule has 0 unspecified atom stereocenters. The van der Waals surface area contributed by atoms with Crippen molar-refractivity contribution in [1.29, 1.82) is 0 Å². The van der Waals surface area contributed by atoms with Crippen LogP contribution in [0.25, 0.3) is 11.3 Å². The Bertz CT molecular complexity index is 981. The minimum atomic E-state index is -0.468. The number of hydrogen-bond acceptors (Lipinski definition) is 5. The first kappa shape index (κ1) is 22.0. The predicted octanol–water partition coefficient (Wildman–Crippen LogP) is 4.99. The van der Waals surface area contributed by atoms with Crippen LogP contribution in [0.15, 0.2) is 54.9 Å². The topological polar surface area (TPSA) is 79.8 Å². The SMILES string of the molecule is CC(C)C[C@@H](Nc1cc(-c2cccnc2)nc(Cl)n1)C(=O)NCc1ccc(Cl)cc1. The lowest BCUT2D eigenvalue weighted by Crippen LogP contribution is -2.40. The first-order chi connectivity index (χ1) is 14.4. The minimum absolute atomic E-state index is 0.101. The largest absolute Gasteiger partial charge is 0.358 e. The lowest BCUT2D eigenvalue weighted by Gasteiger charge is -2.21. The van der Waals surface area contributed by atoms with E-state index < -0.39 is 6.04 Å². The molecule has 1 amide bonds. The number of carbonyl (C=O) groups excluding carboxylic acids is 1. The molecule has 2 N–H and O–H groups in total. The number of aromatic nitrogens is 3. The molecule has 0 saturated heterocycles. The van der Waals surface area contributed by atoms with Gasteiger partial charge >= 0.3 is 0 Å². The molecule has 0 radical (unpaired) electrons. The lowest BCUT2D eigenvalue weighted by molar-refractivity contribution is -0.122. The Hall–Kier alpha value is -2.70. The van der Waals surface area contributed by atoms with Crippen LogP contribution in [0.5, 0.6) is 0 Å². The van der Waals surface area contributed by atoms with Crippen LogP contribution in [0.3, 0.4) is 0 Å². The Balaban J connectivity index is 1.74. The van der Waals surface area contributed by atoms with E-state index in [1.165, 1.54) is 0 Å². The summed E-state index contributed by atoms with van der Waals surface area (Å²) in [4.78, 5) is 25.5. The van der Waals surface area contributed by atoms with Crippen LogP contribution in [0, 0.1) is 5.92 Å². The Labute approximate surface area is 186 Å². The van der Waals surface area contributed by atoms with Crippen molar-refractivity contribution < 1.29 is 4.79 Å². The van der Waals surface area contributed by atoms with Gasteiger partial charge in [-0.15, -0.1) is 0 Å². The number of amides is 1. The second kappa shape index (κ2) is 10.4. The zero-order valence-electron chi connectivity index (χ0n) is 16.8. The number of nitrogens with zero attached hydrogens (tertiary/aromatic N) is 3. The van der Waals surface area contributed by atoms with E-state index in [4.69, 9.17) is 23.2 Å². The average molecular weight is 444 g/mol. The number of halogens is 2. The summed E-state index contributed by atoms with van der Waals surface area (Å²) in [7, 11) is 0. The molecule has 30 heavy (non-hydrogen) atoms. The van der Waals surface area contributed by atoms with Gasteiger partial charge < -0.3 is 10.6 Å². The Morgan fingerprint density at radius 2 is 1.87 bits per heavy atom. The molecule has 8 heteroatoms. The first-order valence-electron chi connectivity index (χ1n) is 9.64. The van der Waals surface area contributed by atoms with E-state index >= 15 is 0 Å². The molecule has 0 spiro atoms. The standard InChI is InChI=1S/C22H23Cl2N5O/c1-14(2)10-19(21(30)26-12-15-5-7-17(23)8-6-15)27-20-11-18(28-22(24)29-20)16-4-3-9-25-13-16/h3-9,11,13-14,19H,10,12H2,1-2H3,(H,26,30)(H,27,28,29)/t19-/m1/s1. The van der Waals surface area contributed by atoms with Crippen molar-refractivity contribution in [3.63, 3.8) is 0 Å². The third-order valence-corrected chi connectivity index (χ3v) is 4.80. The van der Waals surface area contributed by atoms with E-state index in [2.05, 4.69) is 39.4 Å². The van der Waals surface area contributed by atoms with Gasteiger partial charge in [-0.25, -0.2) is 9.97 Å². The van der Waals surface area contributed by atoms with Crippen LogP contribution in [-0.2, 0) is 11.3 Å². The van der Waals surface area contributed by atoms with E-state index in [1.54, 1.807) is 30.6 Å². The molecule has 0 bridgehead atoms. The third kappa shape index (κ3) is 6.40. The summed E-state index contributed by atoms with van der Waals surface area (Å²) in [5.41, 5.74) is 2.42. The van der Waals surface area contributed by atoms with Gasteiger partial charge in [0, 0.05) is 35.6 Å². The van der Waals surface area contributed by atoms with Crippen LogP contribution in [0.4, 0.5) is 5.82 Å². The highest BCUT2D eigenvalue weighted by Crippen LogP contribution is 2.22. The van der Waals surface area contributed by atoms with Gasteiger partial charge in [0.15, 0.2) is 0 Å². The van der Waals surface area contributed by atoms with E-state index in [0.717, 1.165) is 11.1 Å². The molecule has 2 heterocycles. The molecular weight excluding hydrogens is 421 g/mol. The second-order valence-electron chi connectivity index (χ2n) is 7.32. The molecule has 6 nitrogen and oxygen atoms in total. The molecule has 0 aliphatic heterocycles. The third-order valence-electron chi connectivity index (χ3n) is 4.38. The lowest BCUT2D eigenvalue weighted by atomic mass is 10.0. The predicted molar refractivity (Wildman–Crippen MR) is 120 cm³/mol. The molecule has 2 aromatic heterocycles. The van der Waals surface area contributed by atoms with Crippen LogP contribution >= 0.6 is 23.2 Å². The molecule has 1 aromatic carbocycles. The Morgan fingerprint density at radius 1 is 1.10 bits per heavy atom. The smallest absolute Gasteiger partial charge is 0.242 e. The van der Waals surface area contributed by atoms with Crippen LogP contribution in [0.1, 0.15) is 25.8 Å². The zero-order valence-corrected chi connectivity index (χ0v) is 18.3. The highest BCUT2D eigenvalue weighted by atomic mass is 35.5. The summed E-state index contributed by atoms with van der Waals surface area (Å²) < 4.78 is 0. The molecule has 156 valence electrons. The maximum absolute atomic E-state index is 12.9. The fourth-order valence-corrected chi connectivity index (χ4v) is 3.26. The maximum Gasteiger partial charge on any atom is 0.242 e. The molecule has 0 aliphatic rings. The molecular formula is C22H23Cl2N5O. The molecule has 1 atom stereocenters. The summed E-state index contributed by atoms with van der Waals surface area (Å²) in [5, 5.41) is 6.95. The van der Waals surface area contributed by atoms with Gasteiger partial charge in [0.2, 0.25) is 11.2 Å². The summed E-state index contributed by atoms with van der Waals surface area (Å²) in [6.07, 6.45) is 4.03. The second-order valence-corrected chi connectivity index (χ2v) is 8.09. The van der Waals surface area contributed by atoms with Crippen molar-refractivity contribution in [3.8, 4) is 11.3 Å². The van der Waals surface area contributed by atoms with Crippen molar-refractivity contribution in [2.45, 2.75) is 32.9 Å². The van der Waals surface area contributed by atoms with Crippen molar-refractivity contribution >= 4 is 34.9 Å². The van der Waals surface area contributed by atoms with Crippen LogP contribution in [0.2, 0.25) is 10.3 Å². The van der Waals surface area contributed by atoms with Crippen LogP contribution in [-0.4, -0.2) is 26.9 Å². The summed E-state index contributed by atoms with van der Waals surface area (Å²) >= 11 is 12.0. The quantitative estimate of drug-likeness (QED) is 0.479. The number of nitrogens with one attached hydrogen (secondary N) is 2. The van der Waals surface area contributed by atoms with Gasteiger partial charge in [0.25, 0.3) is 0 Å². The number of benzene rings is 1. The normalized spacial score (nSPS) is 11.9. The molecule has 3 rings (SSSR count). The molecule has 0 saturated carbocycles. The van der Waals surface area contributed by atoms with Gasteiger partial charge in [0.1, 0.15) is 11.9 Å². The van der Waals surface area contributed by atoms with E-state index in [-0.39, 0.29) is 11.2 Å². The fraction of sp³-hybridized carbons (Fsp3) is 0.273. The summed E-state index contributed by atoms with van der Waals surface area (Å²) in [6, 6.07) is 12.4. The van der Waals surface area contributed by atoms with E-state index in [9.17, 15) is 4.79 Å². The number of hydrogen-bond donors (Lipinski definition) is 2.